The number of H-pyrrole nitrogens is 1. The molecule has 0 saturated heterocycles. The van der Waals surface area contributed by atoms with Crippen molar-refractivity contribution in [2.75, 3.05) is 11.4 Å². The molecule has 1 unspecified atom stereocenters. The average Bonchev–Trinajstić information content (AvgIpc) is 3.24. The number of para-hydroxylation sites is 1. The van der Waals surface area contributed by atoms with Crippen LogP contribution >= 0.6 is 15.9 Å². The Morgan fingerprint density at radius 3 is 2.92 bits per heavy atom. The third kappa shape index (κ3) is 2.88. The summed E-state index contributed by atoms with van der Waals surface area (Å²) in [7, 11) is 0. The summed E-state index contributed by atoms with van der Waals surface area (Å²) in [5.41, 5.74) is 3.12. The maximum absolute atomic E-state index is 12.8. The third-order valence-electron chi connectivity index (χ3n) is 4.61. The summed E-state index contributed by atoms with van der Waals surface area (Å²) < 4.78 is 0.998. The van der Waals surface area contributed by atoms with Crippen LogP contribution in [0.15, 0.2) is 46.9 Å². The summed E-state index contributed by atoms with van der Waals surface area (Å²) in [6.45, 7) is 2.32. The lowest BCUT2D eigenvalue weighted by Gasteiger charge is -2.22. The Kier molecular flexibility index (Phi) is 4.24. The van der Waals surface area contributed by atoms with E-state index in [1.165, 1.54) is 0 Å². The van der Waals surface area contributed by atoms with Crippen molar-refractivity contribution in [3.05, 3.63) is 58.2 Å². The number of halogens is 1. The van der Waals surface area contributed by atoms with Gasteiger partial charge in [0.25, 0.3) is 5.91 Å². The van der Waals surface area contributed by atoms with E-state index in [0.717, 1.165) is 33.0 Å². The molecule has 0 radical (unpaired) electrons. The van der Waals surface area contributed by atoms with Crippen LogP contribution in [0.1, 0.15) is 23.0 Å². The molecule has 3 aromatic rings. The Morgan fingerprint density at radius 1 is 1.27 bits per heavy atom. The lowest BCUT2D eigenvalue weighted by molar-refractivity contribution is -0.119. The van der Waals surface area contributed by atoms with Crippen LogP contribution in [-0.2, 0) is 11.2 Å². The standard InChI is InChI=1S/C19H17BrN4O2/c1-11(19(26)24-9-8-12-10-13(20)6-7-16(12)24)21-18(25)17-14-4-2-3-5-15(14)22-23-17/h2-7,10-11H,8-9H2,1H3,(H,21,25)(H,22,23). The van der Waals surface area contributed by atoms with Gasteiger partial charge in [-0.15, -0.1) is 0 Å². The van der Waals surface area contributed by atoms with E-state index in [1.807, 2.05) is 42.5 Å². The van der Waals surface area contributed by atoms with Gasteiger partial charge in [-0.25, -0.2) is 0 Å². The first kappa shape index (κ1) is 16.8. The number of rotatable bonds is 3. The molecule has 2 amide bonds. The molecule has 0 spiro atoms. The molecular weight excluding hydrogens is 396 g/mol. The predicted molar refractivity (Wildman–Crippen MR) is 103 cm³/mol. The van der Waals surface area contributed by atoms with Gasteiger partial charge in [-0.05, 0) is 43.2 Å². The van der Waals surface area contributed by atoms with Gasteiger partial charge in [0, 0.05) is 22.1 Å². The fourth-order valence-electron chi connectivity index (χ4n) is 3.30. The third-order valence-corrected chi connectivity index (χ3v) is 5.10. The molecule has 0 bridgehead atoms. The lowest BCUT2D eigenvalue weighted by Crippen LogP contribution is -2.46. The Balaban J connectivity index is 1.51. The van der Waals surface area contributed by atoms with Crippen LogP contribution in [-0.4, -0.2) is 34.6 Å². The average molecular weight is 413 g/mol. The van der Waals surface area contributed by atoms with Crippen LogP contribution in [0.4, 0.5) is 5.69 Å². The van der Waals surface area contributed by atoms with E-state index in [9.17, 15) is 9.59 Å². The number of benzene rings is 2. The summed E-state index contributed by atoms with van der Waals surface area (Å²) in [5.74, 6) is -0.488. The molecule has 7 heteroatoms. The highest BCUT2D eigenvalue weighted by atomic mass is 79.9. The second-order valence-corrected chi connectivity index (χ2v) is 7.24. The van der Waals surface area contributed by atoms with E-state index in [-0.39, 0.29) is 11.8 Å². The van der Waals surface area contributed by atoms with Crippen molar-refractivity contribution < 1.29 is 9.59 Å². The SMILES string of the molecule is CC(NC(=O)c1n[nH]c2ccccc12)C(=O)N1CCc2cc(Br)ccc21. The summed E-state index contributed by atoms with van der Waals surface area (Å²) in [6.07, 6.45) is 0.811. The number of carbonyl (C=O) groups is 2. The minimum absolute atomic E-state index is 0.126. The highest BCUT2D eigenvalue weighted by molar-refractivity contribution is 9.10. The zero-order valence-corrected chi connectivity index (χ0v) is 15.7. The number of anilines is 1. The molecular formula is C19H17BrN4O2. The van der Waals surface area contributed by atoms with Gasteiger partial charge >= 0.3 is 0 Å². The highest BCUT2D eigenvalue weighted by Crippen LogP contribution is 2.31. The molecule has 1 atom stereocenters. The van der Waals surface area contributed by atoms with Crippen molar-refractivity contribution in [2.45, 2.75) is 19.4 Å². The van der Waals surface area contributed by atoms with E-state index in [1.54, 1.807) is 11.8 Å². The topological polar surface area (TPSA) is 78.1 Å². The molecule has 4 rings (SSSR count). The number of fused-ring (bicyclic) bond motifs is 2. The Morgan fingerprint density at radius 2 is 2.08 bits per heavy atom. The largest absolute Gasteiger partial charge is 0.339 e. The van der Waals surface area contributed by atoms with E-state index < -0.39 is 6.04 Å². The van der Waals surface area contributed by atoms with E-state index in [4.69, 9.17) is 0 Å². The molecule has 1 aromatic heterocycles. The van der Waals surface area contributed by atoms with Gasteiger partial charge in [-0.1, -0.05) is 34.1 Å². The van der Waals surface area contributed by atoms with Gasteiger partial charge in [0.05, 0.1) is 5.52 Å². The fraction of sp³-hybridized carbons (Fsp3) is 0.211. The number of aromatic nitrogens is 2. The zero-order chi connectivity index (χ0) is 18.3. The van der Waals surface area contributed by atoms with Crippen LogP contribution in [0.3, 0.4) is 0 Å². The number of nitrogens with one attached hydrogen (secondary N) is 2. The molecule has 26 heavy (non-hydrogen) atoms. The molecule has 0 saturated carbocycles. The molecule has 1 aliphatic rings. The van der Waals surface area contributed by atoms with Crippen LogP contribution in [0.5, 0.6) is 0 Å². The number of hydrogen-bond acceptors (Lipinski definition) is 3. The smallest absolute Gasteiger partial charge is 0.273 e. The summed E-state index contributed by atoms with van der Waals surface area (Å²) >= 11 is 3.45. The molecule has 2 heterocycles. The number of hydrogen-bond donors (Lipinski definition) is 2. The summed E-state index contributed by atoms with van der Waals surface area (Å²) in [5, 5.41) is 10.4. The first-order valence-corrected chi connectivity index (χ1v) is 9.17. The van der Waals surface area contributed by atoms with Crippen molar-refractivity contribution in [3.63, 3.8) is 0 Å². The van der Waals surface area contributed by atoms with Crippen molar-refractivity contribution in [1.82, 2.24) is 15.5 Å². The van der Waals surface area contributed by atoms with Crippen LogP contribution < -0.4 is 10.2 Å². The van der Waals surface area contributed by atoms with Gasteiger partial charge in [-0.3, -0.25) is 14.7 Å². The second-order valence-electron chi connectivity index (χ2n) is 6.33. The molecule has 1 aliphatic heterocycles. The van der Waals surface area contributed by atoms with Crippen LogP contribution in [0, 0.1) is 0 Å². The Hall–Kier alpha value is -2.67. The number of aromatic amines is 1. The predicted octanol–water partition coefficient (Wildman–Crippen LogP) is 3.03. The molecule has 2 aromatic carbocycles. The number of carbonyl (C=O) groups excluding carboxylic acids is 2. The van der Waals surface area contributed by atoms with E-state index in [2.05, 4.69) is 31.4 Å². The van der Waals surface area contributed by atoms with Crippen molar-refractivity contribution in [1.29, 1.82) is 0 Å². The Bertz CT molecular complexity index is 1010. The lowest BCUT2D eigenvalue weighted by atomic mass is 10.1. The van der Waals surface area contributed by atoms with Crippen molar-refractivity contribution in [2.24, 2.45) is 0 Å². The van der Waals surface area contributed by atoms with Gasteiger partial charge < -0.3 is 10.2 Å². The van der Waals surface area contributed by atoms with Gasteiger partial charge in [0.2, 0.25) is 5.91 Å². The Labute approximate surface area is 158 Å². The van der Waals surface area contributed by atoms with Crippen LogP contribution in [0.2, 0.25) is 0 Å². The number of nitrogens with zero attached hydrogens (tertiary/aromatic N) is 2. The van der Waals surface area contributed by atoms with Gasteiger partial charge in [-0.2, -0.15) is 5.10 Å². The molecule has 0 fully saturated rings. The van der Waals surface area contributed by atoms with Crippen LogP contribution in [0.25, 0.3) is 10.9 Å². The fourth-order valence-corrected chi connectivity index (χ4v) is 3.70. The van der Waals surface area contributed by atoms with E-state index >= 15 is 0 Å². The minimum atomic E-state index is -0.646. The minimum Gasteiger partial charge on any atom is -0.339 e. The quantitative estimate of drug-likeness (QED) is 0.693. The van der Waals surface area contributed by atoms with Gasteiger partial charge in [0.15, 0.2) is 5.69 Å². The summed E-state index contributed by atoms with van der Waals surface area (Å²) in [4.78, 5) is 27.1. The van der Waals surface area contributed by atoms with Gasteiger partial charge in [0.1, 0.15) is 6.04 Å². The molecule has 6 nitrogen and oxygen atoms in total. The maximum atomic E-state index is 12.8. The monoisotopic (exact) mass is 412 g/mol. The molecule has 0 aliphatic carbocycles. The molecule has 132 valence electrons. The summed E-state index contributed by atoms with van der Waals surface area (Å²) in [6, 6.07) is 12.6. The maximum Gasteiger partial charge on any atom is 0.273 e. The second kappa shape index (κ2) is 6.57. The van der Waals surface area contributed by atoms with E-state index in [0.29, 0.717) is 12.2 Å². The normalized spacial score (nSPS) is 14.3. The first-order valence-electron chi connectivity index (χ1n) is 8.38. The first-order chi connectivity index (χ1) is 12.5. The highest BCUT2D eigenvalue weighted by Gasteiger charge is 2.29. The van der Waals surface area contributed by atoms with Crippen molar-refractivity contribution in [3.8, 4) is 0 Å². The molecule has 2 N–H and O–H groups in total. The van der Waals surface area contributed by atoms with Crippen molar-refractivity contribution >= 4 is 44.3 Å². The number of amides is 2. The zero-order valence-electron chi connectivity index (χ0n) is 14.1.